The molecule has 0 fully saturated rings. The van der Waals surface area contributed by atoms with Crippen LogP contribution in [0, 0.1) is 6.92 Å². The molecule has 1 aromatic carbocycles. The number of phenols is 1. The van der Waals surface area contributed by atoms with Crippen LogP contribution in [0.25, 0.3) is 0 Å². The van der Waals surface area contributed by atoms with E-state index in [0.29, 0.717) is 10.8 Å². The van der Waals surface area contributed by atoms with Gasteiger partial charge in [-0.1, -0.05) is 23.5 Å². The lowest BCUT2D eigenvalue weighted by Crippen LogP contribution is -2.25. The van der Waals surface area contributed by atoms with Crippen molar-refractivity contribution in [3.05, 3.63) is 34.8 Å². The van der Waals surface area contributed by atoms with Crippen molar-refractivity contribution >= 4 is 45.2 Å². The van der Waals surface area contributed by atoms with Gasteiger partial charge in [-0.05, 0) is 38.2 Å². The molecule has 1 aromatic heterocycles. The number of nitrogens with one attached hydrogen (secondary N) is 2. The fourth-order valence-corrected chi connectivity index (χ4v) is 2.64. The SMILES string of the molecule is C/C(=N/NC(N)=S)c1sc(Nc2ccccc2O)nc1C. The van der Waals surface area contributed by atoms with Gasteiger partial charge in [0.15, 0.2) is 10.2 Å². The summed E-state index contributed by atoms with van der Waals surface area (Å²) >= 11 is 6.14. The van der Waals surface area contributed by atoms with Gasteiger partial charge in [0.1, 0.15) is 5.75 Å². The zero-order valence-electron chi connectivity index (χ0n) is 11.5. The van der Waals surface area contributed by atoms with E-state index < -0.39 is 0 Å². The first-order valence-electron chi connectivity index (χ1n) is 6.10. The number of hydrogen-bond donors (Lipinski definition) is 4. The number of anilines is 2. The molecular weight excluding hydrogens is 306 g/mol. The van der Waals surface area contributed by atoms with E-state index >= 15 is 0 Å². The quantitative estimate of drug-likeness (QED) is 0.299. The molecule has 0 radical (unpaired) electrons. The van der Waals surface area contributed by atoms with Crippen molar-refractivity contribution in [1.82, 2.24) is 10.4 Å². The highest BCUT2D eigenvalue weighted by molar-refractivity contribution is 7.80. The lowest BCUT2D eigenvalue weighted by molar-refractivity contribution is 0.478. The van der Waals surface area contributed by atoms with Crippen molar-refractivity contribution in [3.8, 4) is 5.75 Å². The van der Waals surface area contributed by atoms with Gasteiger partial charge >= 0.3 is 0 Å². The molecule has 0 bridgehead atoms. The van der Waals surface area contributed by atoms with E-state index in [2.05, 4.69) is 20.8 Å². The average Bonchev–Trinajstić information content (AvgIpc) is 2.79. The molecule has 110 valence electrons. The maximum absolute atomic E-state index is 9.75. The van der Waals surface area contributed by atoms with Crippen LogP contribution in [0.2, 0.25) is 0 Å². The third-order valence-electron chi connectivity index (χ3n) is 2.60. The maximum atomic E-state index is 9.75. The molecule has 0 atom stereocenters. The Kier molecular flexibility index (Phi) is 4.71. The van der Waals surface area contributed by atoms with Crippen LogP contribution in [0.15, 0.2) is 29.4 Å². The molecule has 6 nitrogen and oxygen atoms in total. The lowest BCUT2D eigenvalue weighted by atomic mass is 10.3. The van der Waals surface area contributed by atoms with Crippen molar-refractivity contribution in [1.29, 1.82) is 0 Å². The number of phenolic OH excluding ortho intramolecular Hbond substituents is 1. The number of aryl methyl sites for hydroxylation is 1. The number of benzene rings is 1. The Morgan fingerprint density at radius 2 is 2.14 bits per heavy atom. The molecule has 0 aliphatic carbocycles. The molecule has 2 rings (SSSR count). The fraction of sp³-hybridized carbons (Fsp3) is 0.154. The van der Waals surface area contributed by atoms with Crippen LogP contribution in [0.1, 0.15) is 17.5 Å². The smallest absolute Gasteiger partial charge is 0.188 e. The maximum Gasteiger partial charge on any atom is 0.188 e. The first-order chi connectivity index (χ1) is 9.97. The van der Waals surface area contributed by atoms with Crippen LogP contribution in [0.3, 0.4) is 0 Å². The summed E-state index contributed by atoms with van der Waals surface area (Å²) in [5.41, 5.74) is 10.1. The predicted octanol–water partition coefficient (Wildman–Crippen LogP) is 2.46. The third-order valence-corrected chi connectivity index (χ3v) is 3.88. The molecule has 0 unspecified atom stereocenters. The first-order valence-corrected chi connectivity index (χ1v) is 7.32. The number of nitrogens with zero attached hydrogens (tertiary/aromatic N) is 2. The fourth-order valence-electron chi connectivity index (χ4n) is 1.67. The van der Waals surface area contributed by atoms with Gasteiger partial charge in [0.25, 0.3) is 0 Å². The van der Waals surface area contributed by atoms with E-state index in [4.69, 9.17) is 18.0 Å². The molecule has 0 spiro atoms. The van der Waals surface area contributed by atoms with Gasteiger partial charge in [-0.3, -0.25) is 5.43 Å². The zero-order chi connectivity index (χ0) is 15.4. The molecular formula is C13H15N5OS2. The lowest BCUT2D eigenvalue weighted by Gasteiger charge is -2.03. The zero-order valence-corrected chi connectivity index (χ0v) is 13.2. The van der Waals surface area contributed by atoms with Crippen molar-refractivity contribution in [3.63, 3.8) is 0 Å². The van der Waals surface area contributed by atoms with Gasteiger partial charge in [-0.25, -0.2) is 4.98 Å². The number of thiocarbonyl (C=S) groups is 1. The summed E-state index contributed by atoms with van der Waals surface area (Å²) in [5.74, 6) is 0.174. The minimum Gasteiger partial charge on any atom is -0.506 e. The summed E-state index contributed by atoms with van der Waals surface area (Å²) in [6.45, 7) is 3.73. The normalized spacial score (nSPS) is 11.2. The molecule has 5 N–H and O–H groups in total. The number of hydrogen-bond acceptors (Lipinski definition) is 6. The van der Waals surface area contributed by atoms with E-state index in [1.54, 1.807) is 18.2 Å². The minimum atomic E-state index is 0.115. The van der Waals surface area contributed by atoms with Gasteiger partial charge in [-0.15, -0.1) is 0 Å². The number of para-hydroxylation sites is 2. The van der Waals surface area contributed by atoms with E-state index in [9.17, 15) is 5.11 Å². The summed E-state index contributed by atoms with van der Waals surface area (Å²) in [5, 5.41) is 17.7. The summed E-state index contributed by atoms with van der Waals surface area (Å²) in [7, 11) is 0. The third kappa shape index (κ3) is 3.89. The largest absolute Gasteiger partial charge is 0.506 e. The van der Waals surface area contributed by atoms with Crippen molar-refractivity contribution in [2.24, 2.45) is 10.8 Å². The molecule has 21 heavy (non-hydrogen) atoms. The van der Waals surface area contributed by atoms with E-state index in [1.165, 1.54) is 11.3 Å². The Morgan fingerprint density at radius 1 is 1.43 bits per heavy atom. The van der Waals surface area contributed by atoms with Gasteiger partial charge in [-0.2, -0.15) is 5.10 Å². The molecule has 0 aliphatic rings. The molecule has 0 amide bonds. The average molecular weight is 321 g/mol. The minimum absolute atomic E-state index is 0.115. The molecule has 0 aliphatic heterocycles. The second-order valence-electron chi connectivity index (χ2n) is 4.25. The molecule has 0 saturated heterocycles. The second-order valence-corrected chi connectivity index (χ2v) is 5.69. The van der Waals surface area contributed by atoms with Gasteiger partial charge in [0.2, 0.25) is 0 Å². The Morgan fingerprint density at radius 3 is 2.81 bits per heavy atom. The topological polar surface area (TPSA) is 95.6 Å². The number of thiazole rings is 1. The van der Waals surface area contributed by atoms with Crippen molar-refractivity contribution < 1.29 is 5.11 Å². The Labute approximate surface area is 131 Å². The van der Waals surface area contributed by atoms with Crippen molar-refractivity contribution in [2.45, 2.75) is 13.8 Å². The molecule has 2 aromatic rings. The number of rotatable bonds is 4. The number of aromatic hydroxyl groups is 1. The van der Waals surface area contributed by atoms with E-state index in [0.717, 1.165) is 16.3 Å². The molecule has 1 heterocycles. The number of nitrogens with two attached hydrogens (primary N) is 1. The molecule has 8 heteroatoms. The Bertz CT molecular complexity index is 696. The first kappa shape index (κ1) is 15.2. The highest BCUT2D eigenvalue weighted by Crippen LogP contribution is 2.30. The monoisotopic (exact) mass is 321 g/mol. The molecule has 0 saturated carbocycles. The highest BCUT2D eigenvalue weighted by Gasteiger charge is 2.11. The highest BCUT2D eigenvalue weighted by atomic mass is 32.1. The standard InChI is InChI=1S/C13H15N5OS2/c1-7-11(8(2)17-18-12(14)20)21-13(15-7)16-9-5-3-4-6-10(9)19/h3-6,19H,1-2H3,(H,15,16)(H3,14,18,20)/b17-8-. The van der Waals surface area contributed by atoms with Crippen LogP contribution in [-0.4, -0.2) is 20.9 Å². The van der Waals surface area contributed by atoms with E-state index in [1.807, 2.05) is 19.9 Å². The van der Waals surface area contributed by atoms with Gasteiger partial charge < -0.3 is 16.2 Å². The number of aromatic nitrogens is 1. The summed E-state index contributed by atoms with van der Waals surface area (Å²) in [6.07, 6.45) is 0. The Hall–Kier alpha value is -2.19. The van der Waals surface area contributed by atoms with E-state index in [-0.39, 0.29) is 10.9 Å². The number of hydrazone groups is 1. The van der Waals surface area contributed by atoms with Crippen LogP contribution < -0.4 is 16.5 Å². The summed E-state index contributed by atoms with van der Waals surface area (Å²) < 4.78 is 0. The van der Waals surface area contributed by atoms with Crippen LogP contribution in [0.4, 0.5) is 10.8 Å². The van der Waals surface area contributed by atoms with Gasteiger partial charge in [0.05, 0.1) is 22.0 Å². The second kappa shape index (κ2) is 6.51. The predicted molar refractivity (Wildman–Crippen MR) is 90.4 cm³/mol. The van der Waals surface area contributed by atoms with Crippen LogP contribution >= 0.6 is 23.6 Å². The van der Waals surface area contributed by atoms with Crippen LogP contribution in [0.5, 0.6) is 5.75 Å². The summed E-state index contributed by atoms with van der Waals surface area (Å²) in [6, 6.07) is 6.99. The van der Waals surface area contributed by atoms with Gasteiger partial charge in [0, 0.05) is 0 Å². The summed E-state index contributed by atoms with van der Waals surface area (Å²) in [4.78, 5) is 5.33. The Balaban J connectivity index is 2.21. The van der Waals surface area contributed by atoms with Crippen LogP contribution in [-0.2, 0) is 0 Å². The van der Waals surface area contributed by atoms with Crippen molar-refractivity contribution in [2.75, 3.05) is 5.32 Å².